The molecular formula is C15H15Cl2NO. The predicted octanol–water partition coefficient (Wildman–Crippen LogP) is 4.29. The van der Waals surface area contributed by atoms with Crippen molar-refractivity contribution in [2.45, 2.75) is 13.2 Å². The van der Waals surface area contributed by atoms with E-state index in [2.05, 4.69) is 5.32 Å². The van der Waals surface area contributed by atoms with E-state index in [1.54, 1.807) is 6.07 Å². The van der Waals surface area contributed by atoms with Crippen LogP contribution in [0.15, 0.2) is 42.5 Å². The molecule has 0 unspecified atom stereocenters. The van der Waals surface area contributed by atoms with Gasteiger partial charge in [0.2, 0.25) is 0 Å². The van der Waals surface area contributed by atoms with Crippen molar-refractivity contribution in [2.24, 2.45) is 0 Å². The molecule has 2 nitrogen and oxygen atoms in total. The van der Waals surface area contributed by atoms with E-state index in [0.717, 1.165) is 11.1 Å². The van der Waals surface area contributed by atoms with Crippen molar-refractivity contribution in [3.8, 4) is 5.75 Å². The lowest BCUT2D eigenvalue weighted by molar-refractivity contribution is 0.302. The third-order valence-corrected chi connectivity index (χ3v) is 3.18. The lowest BCUT2D eigenvalue weighted by Gasteiger charge is -2.13. The van der Waals surface area contributed by atoms with E-state index in [4.69, 9.17) is 27.9 Å². The summed E-state index contributed by atoms with van der Waals surface area (Å²) < 4.78 is 5.83. The summed E-state index contributed by atoms with van der Waals surface area (Å²) in [6, 6.07) is 13.5. The van der Waals surface area contributed by atoms with Gasteiger partial charge in [0.15, 0.2) is 0 Å². The molecule has 4 heteroatoms. The maximum Gasteiger partial charge on any atom is 0.142 e. The van der Waals surface area contributed by atoms with Gasteiger partial charge in [0.25, 0.3) is 0 Å². The second-order valence-corrected chi connectivity index (χ2v) is 5.02. The molecule has 100 valence electrons. The maximum atomic E-state index is 6.20. The van der Waals surface area contributed by atoms with Gasteiger partial charge in [-0.1, -0.05) is 53.5 Å². The number of halogens is 2. The van der Waals surface area contributed by atoms with Crippen LogP contribution < -0.4 is 10.1 Å². The van der Waals surface area contributed by atoms with Crippen LogP contribution in [0.4, 0.5) is 0 Å². The summed E-state index contributed by atoms with van der Waals surface area (Å²) in [4.78, 5) is 0. The molecule has 2 aromatic rings. The van der Waals surface area contributed by atoms with Gasteiger partial charge in [-0.2, -0.15) is 0 Å². The highest BCUT2D eigenvalue weighted by atomic mass is 35.5. The smallest absolute Gasteiger partial charge is 0.142 e. The van der Waals surface area contributed by atoms with Gasteiger partial charge >= 0.3 is 0 Å². The Kier molecular flexibility index (Phi) is 5.08. The number of nitrogens with one attached hydrogen (secondary N) is 1. The molecule has 0 atom stereocenters. The van der Waals surface area contributed by atoms with E-state index in [1.165, 1.54) is 0 Å². The molecule has 0 heterocycles. The van der Waals surface area contributed by atoms with E-state index in [1.807, 2.05) is 43.4 Å². The fourth-order valence-electron chi connectivity index (χ4n) is 1.83. The van der Waals surface area contributed by atoms with Crippen LogP contribution in [0.1, 0.15) is 11.1 Å². The Hall–Kier alpha value is -1.22. The van der Waals surface area contributed by atoms with Gasteiger partial charge in [0.1, 0.15) is 12.4 Å². The Balaban J connectivity index is 2.19. The Morgan fingerprint density at radius 2 is 1.84 bits per heavy atom. The van der Waals surface area contributed by atoms with Crippen molar-refractivity contribution >= 4 is 23.2 Å². The Bertz CT molecular complexity index is 543. The molecule has 1 N–H and O–H groups in total. The second-order valence-electron chi connectivity index (χ2n) is 4.18. The molecule has 0 aromatic heterocycles. The lowest BCUT2D eigenvalue weighted by Crippen LogP contribution is -2.08. The summed E-state index contributed by atoms with van der Waals surface area (Å²) in [7, 11) is 1.87. The molecule has 0 amide bonds. The van der Waals surface area contributed by atoms with E-state index in [-0.39, 0.29) is 0 Å². The zero-order valence-corrected chi connectivity index (χ0v) is 12.1. The predicted molar refractivity (Wildman–Crippen MR) is 80.0 cm³/mol. The van der Waals surface area contributed by atoms with Gasteiger partial charge in [-0.25, -0.2) is 0 Å². The molecular weight excluding hydrogens is 281 g/mol. The first-order chi connectivity index (χ1) is 9.20. The third kappa shape index (κ3) is 3.87. The van der Waals surface area contributed by atoms with Gasteiger partial charge in [0, 0.05) is 17.1 Å². The van der Waals surface area contributed by atoms with Crippen LogP contribution in [-0.2, 0) is 13.2 Å². The average Bonchev–Trinajstić information content (AvgIpc) is 2.39. The number of ether oxygens (including phenoxy) is 1. The first-order valence-electron chi connectivity index (χ1n) is 6.00. The number of hydrogen-bond acceptors (Lipinski definition) is 2. The quantitative estimate of drug-likeness (QED) is 0.888. The van der Waals surface area contributed by atoms with Gasteiger partial charge in [-0.05, 0) is 24.7 Å². The normalized spacial score (nSPS) is 10.5. The highest BCUT2D eigenvalue weighted by molar-refractivity contribution is 6.35. The second kappa shape index (κ2) is 6.80. The van der Waals surface area contributed by atoms with Crippen LogP contribution in [0.3, 0.4) is 0 Å². The minimum Gasteiger partial charge on any atom is -0.487 e. The minimum absolute atomic E-state index is 0.485. The Morgan fingerprint density at radius 3 is 2.53 bits per heavy atom. The van der Waals surface area contributed by atoms with Crippen molar-refractivity contribution in [2.75, 3.05) is 7.05 Å². The van der Waals surface area contributed by atoms with Crippen LogP contribution in [-0.4, -0.2) is 7.05 Å². The summed E-state index contributed by atoms with van der Waals surface area (Å²) >= 11 is 12.2. The summed E-state index contributed by atoms with van der Waals surface area (Å²) in [5.74, 6) is 0.685. The van der Waals surface area contributed by atoms with Crippen molar-refractivity contribution in [3.63, 3.8) is 0 Å². The highest BCUT2D eigenvalue weighted by Crippen LogP contribution is 2.33. The first kappa shape index (κ1) is 14.2. The van der Waals surface area contributed by atoms with Crippen LogP contribution in [0, 0.1) is 0 Å². The maximum absolute atomic E-state index is 6.20. The average molecular weight is 296 g/mol. The Morgan fingerprint density at radius 1 is 1.11 bits per heavy atom. The topological polar surface area (TPSA) is 21.3 Å². The lowest BCUT2D eigenvalue weighted by atomic mass is 10.2. The molecule has 2 rings (SSSR count). The fourth-order valence-corrected chi connectivity index (χ4v) is 2.42. The molecule has 0 saturated heterocycles. The van der Waals surface area contributed by atoms with Crippen LogP contribution in [0.2, 0.25) is 10.0 Å². The molecule has 0 radical (unpaired) electrons. The SMILES string of the molecule is CNCc1cc(Cl)cc(Cl)c1OCc1ccccc1. The molecule has 0 fully saturated rings. The van der Waals surface area contributed by atoms with Crippen molar-refractivity contribution in [1.29, 1.82) is 0 Å². The molecule has 0 saturated carbocycles. The third-order valence-electron chi connectivity index (χ3n) is 2.68. The van der Waals surface area contributed by atoms with Crippen molar-refractivity contribution in [3.05, 3.63) is 63.6 Å². The van der Waals surface area contributed by atoms with Gasteiger partial charge in [-0.3, -0.25) is 0 Å². The van der Waals surface area contributed by atoms with Crippen molar-refractivity contribution in [1.82, 2.24) is 5.32 Å². The highest BCUT2D eigenvalue weighted by Gasteiger charge is 2.10. The first-order valence-corrected chi connectivity index (χ1v) is 6.75. The molecule has 0 spiro atoms. The van der Waals surface area contributed by atoms with E-state index >= 15 is 0 Å². The van der Waals surface area contributed by atoms with Gasteiger partial charge in [0.05, 0.1) is 5.02 Å². The molecule has 2 aromatic carbocycles. The standard InChI is InChI=1S/C15H15Cl2NO/c1-18-9-12-7-13(16)8-14(17)15(12)19-10-11-5-3-2-4-6-11/h2-8,18H,9-10H2,1H3. The minimum atomic E-state index is 0.485. The van der Waals surface area contributed by atoms with E-state index in [9.17, 15) is 0 Å². The van der Waals surface area contributed by atoms with Crippen LogP contribution in [0.5, 0.6) is 5.75 Å². The molecule has 0 aliphatic rings. The Labute approximate surface area is 123 Å². The largest absolute Gasteiger partial charge is 0.487 e. The van der Waals surface area contributed by atoms with Gasteiger partial charge in [-0.15, -0.1) is 0 Å². The van der Waals surface area contributed by atoms with Gasteiger partial charge < -0.3 is 10.1 Å². The fraction of sp³-hybridized carbons (Fsp3) is 0.200. The number of benzene rings is 2. The molecule has 0 aliphatic heterocycles. The van der Waals surface area contributed by atoms with Crippen molar-refractivity contribution < 1.29 is 4.74 Å². The van der Waals surface area contributed by atoms with Crippen LogP contribution in [0.25, 0.3) is 0 Å². The zero-order valence-electron chi connectivity index (χ0n) is 10.6. The summed E-state index contributed by atoms with van der Waals surface area (Å²) in [6.45, 7) is 1.14. The molecule has 19 heavy (non-hydrogen) atoms. The molecule has 0 aliphatic carbocycles. The van der Waals surface area contributed by atoms with Crippen LogP contribution >= 0.6 is 23.2 Å². The summed E-state index contributed by atoms with van der Waals surface area (Å²) in [6.07, 6.45) is 0. The number of rotatable bonds is 5. The zero-order chi connectivity index (χ0) is 13.7. The monoisotopic (exact) mass is 295 g/mol. The van der Waals surface area contributed by atoms with E-state index in [0.29, 0.717) is 28.9 Å². The molecule has 0 bridgehead atoms. The van der Waals surface area contributed by atoms with E-state index < -0.39 is 0 Å². The summed E-state index contributed by atoms with van der Waals surface area (Å²) in [5, 5.41) is 4.23. The number of hydrogen-bond donors (Lipinski definition) is 1. The summed E-state index contributed by atoms with van der Waals surface area (Å²) in [5.41, 5.74) is 2.06.